The molecule has 0 saturated heterocycles. The number of hydrogen-bond acceptors (Lipinski definition) is 4. The average Bonchev–Trinajstić information content (AvgIpc) is 2.62. The van der Waals surface area contributed by atoms with Gasteiger partial charge >= 0.3 is 5.97 Å². The van der Waals surface area contributed by atoms with Crippen molar-refractivity contribution >= 4 is 28.9 Å². The summed E-state index contributed by atoms with van der Waals surface area (Å²) >= 11 is 7.46. The number of thiophene rings is 1. The van der Waals surface area contributed by atoms with Gasteiger partial charge in [-0.1, -0.05) is 11.6 Å². The van der Waals surface area contributed by atoms with E-state index in [1.54, 1.807) is 6.92 Å². The second kappa shape index (κ2) is 6.89. The molecule has 0 radical (unpaired) electrons. The van der Waals surface area contributed by atoms with Crippen LogP contribution in [-0.2, 0) is 16.0 Å². The van der Waals surface area contributed by atoms with Crippen LogP contribution in [0.25, 0.3) is 0 Å². The molecule has 0 aromatic carbocycles. The van der Waals surface area contributed by atoms with Gasteiger partial charge in [0.15, 0.2) is 0 Å². The number of esters is 1. The van der Waals surface area contributed by atoms with E-state index in [0.717, 1.165) is 9.90 Å². The molecule has 16 heavy (non-hydrogen) atoms. The molecule has 3 nitrogen and oxygen atoms in total. The summed E-state index contributed by atoms with van der Waals surface area (Å²) in [5, 5.41) is 1.94. The summed E-state index contributed by atoms with van der Waals surface area (Å²) in [6, 6.07) is 1.92. The van der Waals surface area contributed by atoms with Crippen LogP contribution in [0.5, 0.6) is 0 Å². The molecule has 0 fully saturated rings. The van der Waals surface area contributed by atoms with E-state index in [9.17, 15) is 4.79 Å². The molecule has 0 spiro atoms. The predicted molar refractivity (Wildman–Crippen MR) is 66.9 cm³/mol. The van der Waals surface area contributed by atoms with Gasteiger partial charge in [-0.2, -0.15) is 0 Å². The van der Waals surface area contributed by atoms with Crippen LogP contribution in [-0.4, -0.2) is 18.6 Å². The molecule has 2 N–H and O–H groups in total. The van der Waals surface area contributed by atoms with Gasteiger partial charge in [-0.05, 0) is 36.8 Å². The summed E-state index contributed by atoms with van der Waals surface area (Å²) < 4.78 is 5.62. The molecule has 0 amide bonds. The topological polar surface area (TPSA) is 52.3 Å². The average molecular weight is 262 g/mol. The quantitative estimate of drug-likeness (QED) is 0.801. The van der Waals surface area contributed by atoms with Crippen molar-refractivity contribution < 1.29 is 9.53 Å². The largest absolute Gasteiger partial charge is 0.466 e. The normalized spacial score (nSPS) is 12.4. The fourth-order valence-electron chi connectivity index (χ4n) is 1.39. The molecule has 5 heteroatoms. The van der Waals surface area contributed by atoms with Crippen molar-refractivity contribution in [2.75, 3.05) is 6.61 Å². The summed E-state index contributed by atoms with van der Waals surface area (Å²) in [5.41, 5.74) is 6.97. The SMILES string of the molecule is CCOC(=O)CCC(N)Cc1ccsc1Cl. The van der Waals surface area contributed by atoms with Gasteiger partial charge < -0.3 is 10.5 Å². The van der Waals surface area contributed by atoms with E-state index in [1.807, 2.05) is 11.4 Å². The highest BCUT2D eigenvalue weighted by Gasteiger charge is 2.10. The number of ether oxygens (including phenoxy) is 1. The molecule has 0 bridgehead atoms. The maximum absolute atomic E-state index is 11.1. The number of nitrogens with two attached hydrogens (primary N) is 1. The molecule has 0 aliphatic rings. The predicted octanol–water partition coefficient (Wildman–Crippen LogP) is 2.61. The second-order valence-corrected chi connectivity index (χ2v) is 5.05. The van der Waals surface area contributed by atoms with E-state index in [2.05, 4.69) is 0 Å². The molecule has 0 saturated carbocycles. The standard InChI is InChI=1S/C11H16ClNO2S/c1-2-15-10(14)4-3-9(13)7-8-5-6-16-11(8)12/h5-6,9H,2-4,7,13H2,1H3. The maximum Gasteiger partial charge on any atom is 0.305 e. The van der Waals surface area contributed by atoms with Crippen LogP contribution in [0.15, 0.2) is 11.4 Å². The van der Waals surface area contributed by atoms with E-state index in [0.29, 0.717) is 25.9 Å². The first-order valence-electron chi connectivity index (χ1n) is 5.26. The Morgan fingerprint density at radius 2 is 2.44 bits per heavy atom. The minimum absolute atomic E-state index is 0.0449. The van der Waals surface area contributed by atoms with Gasteiger partial charge in [-0.3, -0.25) is 4.79 Å². The van der Waals surface area contributed by atoms with Crippen molar-refractivity contribution in [3.63, 3.8) is 0 Å². The highest BCUT2D eigenvalue weighted by atomic mass is 35.5. The van der Waals surface area contributed by atoms with Crippen molar-refractivity contribution in [1.29, 1.82) is 0 Å². The minimum atomic E-state index is -0.186. The van der Waals surface area contributed by atoms with Gasteiger partial charge in [0.1, 0.15) is 0 Å². The van der Waals surface area contributed by atoms with E-state index in [1.165, 1.54) is 11.3 Å². The Balaban J connectivity index is 2.28. The second-order valence-electron chi connectivity index (χ2n) is 3.53. The number of hydrogen-bond donors (Lipinski definition) is 1. The van der Waals surface area contributed by atoms with Gasteiger partial charge in [-0.25, -0.2) is 0 Å². The first-order valence-corrected chi connectivity index (χ1v) is 6.52. The van der Waals surface area contributed by atoms with Crippen LogP contribution in [0.3, 0.4) is 0 Å². The fraction of sp³-hybridized carbons (Fsp3) is 0.545. The number of carbonyl (C=O) groups is 1. The van der Waals surface area contributed by atoms with Crippen LogP contribution >= 0.6 is 22.9 Å². The smallest absolute Gasteiger partial charge is 0.305 e. The summed E-state index contributed by atoms with van der Waals surface area (Å²) in [6.45, 7) is 2.22. The van der Waals surface area contributed by atoms with Crippen LogP contribution in [0.4, 0.5) is 0 Å². The van der Waals surface area contributed by atoms with E-state index >= 15 is 0 Å². The number of carbonyl (C=O) groups excluding carboxylic acids is 1. The van der Waals surface area contributed by atoms with Crippen LogP contribution in [0, 0.1) is 0 Å². The fourth-order valence-corrected chi connectivity index (χ4v) is 2.34. The molecule has 1 unspecified atom stereocenters. The third-order valence-corrected chi connectivity index (χ3v) is 3.45. The molecule has 1 aromatic rings. The molecule has 0 aliphatic carbocycles. The minimum Gasteiger partial charge on any atom is -0.466 e. The molecule has 1 aromatic heterocycles. The Kier molecular flexibility index (Phi) is 5.80. The van der Waals surface area contributed by atoms with E-state index < -0.39 is 0 Å². The Labute approximate surface area is 105 Å². The molecule has 90 valence electrons. The molecule has 1 atom stereocenters. The molecular weight excluding hydrogens is 246 g/mol. The first kappa shape index (κ1) is 13.5. The summed E-state index contributed by atoms with van der Waals surface area (Å²) in [7, 11) is 0. The van der Waals surface area contributed by atoms with Crippen molar-refractivity contribution in [2.24, 2.45) is 5.73 Å². The zero-order valence-corrected chi connectivity index (χ0v) is 10.8. The van der Waals surface area contributed by atoms with Crippen molar-refractivity contribution in [2.45, 2.75) is 32.2 Å². The number of rotatable bonds is 6. The zero-order chi connectivity index (χ0) is 12.0. The van der Waals surface area contributed by atoms with Gasteiger partial charge in [0.25, 0.3) is 0 Å². The third kappa shape index (κ3) is 4.51. The van der Waals surface area contributed by atoms with Crippen LogP contribution < -0.4 is 5.73 Å². The molecular formula is C11H16ClNO2S. The van der Waals surface area contributed by atoms with Crippen molar-refractivity contribution in [3.05, 3.63) is 21.3 Å². The monoisotopic (exact) mass is 261 g/mol. The lowest BCUT2D eigenvalue weighted by molar-refractivity contribution is -0.143. The lowest BCUT2D eigenvalue weighted by Crippen LogP contribution is -2.24. The first-order chi connectivity index (χ1) is 7.63. The van der Waals surface area contributed by atoms with Gasteiger partial charge in [-0.15, -0.1) is 11.3 Å². The maximum atomic E-state index is 11.1. The van der Waals surface area contributed by atoms with E-state index in [-0.39, 0.29) is 12.0 Å². The Morgan fingerprint density at radius 1 is 1.69 bits per heavy atom. The summed E-state index contributed by atoms with van der Waals surface area (Å²) in [5.74, 6) is -0.186. The Bertz CT molecular complexity index is 340. The highest BCUT2D eigenvalue weighted by Crippen LogP contribution is 2.24. The Morgan fingerprint density at radius 3 is 3.00 bits per heavy atom. The Hall–Kier alpha value is -0.580. The summed E-state index contributed by atoms with van der Waals surface area (Å²) in [4.78, 5) is 11.1. The summed E-state index contributed by atoms with van der Waals surface area (Å²) in [6.07, 6.45) is 1.71. The number of halogens is 1. The lowest BCUT2D eigenvalue weighted by atomic mass is 10.1. The molecule has 1 rings (SSSR count). The van der Waals surface area contributed by atoms with Crippen LogP contribution in [0.2, 0.25) is 4.34 Å². The molecule has 1 heterocycles. The highest BCUT2D eigenvalue weighted by molar-refractivity contribution is 7.14. The van der Waals surface area contributed by atoms with Crippen molar-refractivity contribution in [1.82, 2.24) is 0 Å². The van der Waals surface area contributed by atoms with Gasteiger partial charge in [0.2, 0.25) is 0 Å². The van der Waals surface area contributed by atoms with E-state index in [4.69, 9.17) is 22.1 Å². The van der Waals surface area contributed by atoms with Crippen LogP contribution in [0.1, 0.15) is 25.3 Å². The lowest BCUT2D eigenvalue weighted by Gasteiger charge is -2.10. The molecule has 0 aliphatic heterocycles. The zero-order valence-electron chi connectivity index (χ0n) is 9.24. The van der Waals surface area contributed by atoms with Crippen molar-refractivity contribution in [3.8, 4) is 0 Å². The third-order valence-electron chi connectivity index (χ3n) is 2.20. The van der Waals surface area contributed by atoms with Gasteiger partial charge in [0.05, 0.1) is 10.9 Å². The van der Waals surface area contributed by atoms with Gasteiger partial charge in [0, 0.05) is 12.5 Å².